The summed E-state index contributed by atoms with van der Waals surface area (Å²) < 4.78 is 11.5. The van der Waals surface area contributed by atoms with Crippen LogP contribution in [0.5, 0.6) is 11.5 Å². The van der Waals surface area contributed by atoms with Gasteiger partial charge in [0.15, 0.2) is 0 Å². The molecule has 0 spiro atoms. The molecule has 0 heterocycles. The molecule has 0 radical (unpaired) electrons. The molecule has 34 heavy (non-hydrogen) atoms. The van der Waals surface area contributed by atoms with Crippen LogP contribution < -0.4 is 9.47 Å². The topological polar surface area (TPSA) is 127 Å². The SMILES string of the molecule is CCc1cccc2c(OC(=O)CCC(=O)O)c3c(CC)cccc3c(OC(=O)CCC(=O)O)c12. The third kappa shape index (κ3) is 5.33. The molecule has 3 aromatic rings. The largest absolute Gasteiger partial charge is 0.481 e. The minimum absolute atomic E-state index is 0.286. The number of carbonyl (C=O) groups is 4. The minimum atomic E-state index is -1.10. The molecule has 178 valence electrons. The quantitative estimate of drug-likeness (QED) is 0.251. The van der Waals surface area contributed by atoms with Gasteiger partial charge >= 0.3 is 23.9 Å². The van der Waals surface area contributed by atoms with E-state index in [4.69, 9.17) is 19.7 Å². The lowest BCUT2D eigenvalue weighted by atomic mass is 9.93. The molecule has 0 aliphatic rings. The van der Waals surface area contributed by atoms with E-state index in [1.54, 1.807) is 12.1 Å². The van der Waals surface area contributed by atoms with Crippen molar-refractivity contribution in [3.05, 3.63) is 47.5 Å². The Morgan fingerprint density at radius 1 is 0.647 bits per heavy atom. The Labute approximate surface area is 196 Å². The van der Waals surface area contributed by atoms with Crippen LogP contribution in [0.4, 0.5) is 0 Å². The van der Waals surface area contributed by atoms with Gasteiger partial charge in [-0.1, -0.05) is 50.2 Å². The third-order valence-electron chi connectivity index (χ3n) is 5.52. The predicted octanol–water partition coefficient (Wildman–Crippen LogP) is 4.66. The molecule has 8 heteroatoms. The fourth-order valence-corrected chi connectivity index (χ4v) is 3.93. The van der Waals surface area contributed by atoms with E-state index in [1.165, 1.54) is 0 Å². The van der Waals surface area contributed by atoms with Crippen molar-refractivity contribution >= 4 is 45.4 Å². The van der Waals surface area contributed by atoms with E-state index < -0.39 is 23.9 Å². The summed E-state index contributed by atoms with van der Waals surface area (Å²) in [7, 11) is 0. The van der Waals surface area contributed by atoms with Gasteiger partial charge in [0.05, 0.1) is 25.7 Å². The second kappa shape index (κ2) is 10.8. The molecule has 3 aromatic carbocycles. The molecule has 0 fully saturated rings. The number of carboxylic acid groups (broad SMARTS) is 2. The Hall–Kier alpha value is -3.94. The molecule has 8 nitrogen and oxygen atoms in total. The molecular formula is C26H26O8. The Morgan fingerprint density at radius 2 is 1.03 bits per heavy atom. The summed E-state index contributed by atoms with van der Waals surface area (Å²) in [6.07, 6.45) is -0.0770. The number of carbonyl (C=O) groups excluding carboxylic acids is 2. The van der Waals surface area contributed by atoms with E-state index >= 15 is 0 Å². The maximum absolute atomic E-state index is 12.5. The van der Waals surface area contributed by atoms with Crippen molar-refractivity contribution in [2.24, 2.45) is 0 Å². The molecule has 0 saturated carbocycles. The number of benzene rings is 3. The molecule has 0 bridgehead atoms. The number of esters is 2. The first-order valence-electron chi connectivity index (χ1n) is 11.1. The highest BCUT2D eigenvalue weighted by atomic mass is 16.5. The van der Waals surface area contributed by atoms with Crippen LogP contribution in [-0.2, 0) is 32.0 Å². The molecular weight excluding hydrogens is 440 g/mol. The van der Waals surface area contributed by atoms with Gasteiger partial charge in [0.2, 0.25) is 0 Å². The number of fused-ring (bicyclic) bond motifs is 2. The Kier molecular flexibility index (Phi) is 7.83. The molecule has 0 saturated heterocycles. The van der Waals surface area contributed by atoms with Gasteiger partial charge in [-0.15, -0.1) is 0 Å². The summed E-state index contributed by atoms with van der Waals surface area (Å²) in [5.41, 5.74) is 1.70. The number of ether oxygens (including phenoxy) is 2. The van der Waals surface area contributed by atoms with Crippen LogP contribution >= 0.6 is 0 Å². The van der Waals surface area contributed by atoms with Gasteiger partial charge in [0.25, 0.3) is 0 Å². The zero-order chi connectivity index (χ0) is 24.8. The first kappa shape index (κ1) is 24.7. The van der Waals surface area contributed by atoms with Crippen molar-refractivity contribution in [3.63, 3.8) is 0 Å². The lowest BCUT2D eigenvalue weighted by molar-refractivity contribution is -0.142. The average molecular weight is 466 g/mol. The van der Waals surface area contributed by atoms with Gasteiger partial charge in [-0.05, 0) is 24.0 Å². The van der Waals surface area contributed by atoms with Crippen molar-refractivity contribution in [1.82, 2.24) is 0 Å². The number of aryl methyl sites for hydroxylation is 2. The molecule has 3 rings (SSSR count). The summed E-state index contributed by atoms with van der Waals surface area (Å²) in [6, 6.07) is 10.9. The molecule has 0 amide bonds. The molecule has 0 atom stereocenters. The fraction of sp³-hybridized carbons (Fsp3) is 0.308. The monoisotopic (exact) mass is 466 g/mol. The smallest absolute Gasteiger partial charge is 0.311 e. The van der Waals surface area contributed by atoms with Crippen molar-refractivity contribution in [2.45, 2.75) is 52.4 Å². The van der Waals surface area contributed by atoms with E-state index in [0.29, 0.717) is 45.9 Å². The highest BCUT2D eigenvalue weighted by molar-refractivity contribution is 6.14. The minimum Gasteiger partial charge on any atom is -0.481 e. The normalized spacial score (nSPS) is 10.9. The highest BCUT2D eigenvalue weighted by Crippen LogP contribution is 2.46. The zero-order valence-corrected chi connectivity index (χ0v) is 19.1. The second-order valence-electron chi connectivity index (χ2n) is 7.78. The van der Waals surface area contributed by atoms with E-state index in [9.17, 15) is 19.2 Å². The molecule has 0 aliphatic carbocycles. The standard InChI is InChI=1S/C26H26O8/c1-3-15-7-5-9-17-23(15)25(33-21(31)13-11-19(27)28)18-10-6-8-16(4-2)24(18)26(17)34-22(32)14-12-20(29)30/h5-10H,3-4,11-14H2,1-2H3,(H,27,28)(H,29,30). The predicted molar refractivity (Wildman–Crippen MR) is 125 cm³/mol. The average Bonchev–Trinajstić information content (AvgIpc) is 2.82. The van der Waals surface area contributed by atoms with Crippen LogP contribution in [0.1, 0.15) is 50.7 Å². The van der Waals surface area contributed by atoms with Gasteiger partial charge in [-0.25, -0.2) is 0 Å². The van der Waals surface area contributed by atoms with Gasteiger partial charge in [-0.2, -0.15) is 0 Å². The van der Waals surface area contributed by atoms with Crippen LogP contribution in [0.25, 0.3) is 21.5 Å². The number of rotatable bonds is 10. The van der Waals surface area contributed by atoms with E-state index in [0.717, 1.165) is 11.1 Å². The van der Waals surface area contributed by atoms with Crippen molar-refractivity contribution in [2.75, 3.05) is 0 Å². The number of hydrogen-bond acceptors (Lipinski definition) is 6. The second-order valence-corrected chi connectivity index (χ2v) is 7.78. The van der Waals surface area contributed by atoms with Crippen molar-refractivity contribution < 1.29 is 38.9 Å². The van der Waals surface area contributed by atoms with Crippen molar-refractivity contribution in [3.8, 4) is 11.5 Å². The number of aliphatic carboxylic acids is 2. The van der Waals surface area contributed by atoms with Gasteiger partial charge in [0.1, 0.15) is 11.5 Å². The summed E-state index contributed by atoms with van der Waals surface area (Å²) in [5, 5.41) is 20.1. The third-order valence-corrected chi connectivity index (χ3v) is 5.52. The van der Waals surface area contributed by atoms with Gasteiger partial charge in [0, 0.05) is 21.5 Å². The Balaban J connectivity index is 2.29. The summed E-state index contributed by atoms with van der Waals surface area (Å²) in [6.45, 7) is 3.88. The first-order chi connectivity index (χ1) is 16.3. The lowest BCUT2D eigenvalue weighted by Crippen LogP contribution is -2.13. The summed E-state index contributed by atoms with van der Waals surface area (Å²) in [5.74, 6) is -2.97. The fourth-order valence-electron chi connectivity index (χ4n) is 3.93. The highest BCUT2D eigenvalue weighted by Gasteiger charge is 2.23. The Morgan fingerprint density at radius 3 is 1.35 bits per heavy atom. The number of carboxylic acids is 2. The van der Waals surface area contributed by atoms with Gasteiger partial charge in [-0.3, -0.25) is 19.2 Å². The molecule has 0 unspecified atom stereocenters. The van der Waals surface area contributed by atoms with Crippen LogP contribution in [0, 0.1) is 0 Å². The zero-order valence-electron chi connectivity index (χ0n) is 19.1. The molecule has 0 aliphatic heterocycles. The summed E-state index contributed by atoms with van der Waals surface area (Å²) in [4.78, 5) is 46.9. The molecule has 0 aromatic heterocycles. The van der Waals surface area contributed by atoms with E-state index in [1.807, 2.05) is 38.1 Å². The first-order valence-corrected chi connectivity index (χ1v) is 11.1. The van der Waals surface area contributed by atoms with Crippen LogP contribution in [0.3, 0.4) is 0 Å². The van der Waals surface area contributed by atoms with Crippen molar-refractivity contribution in [1.29, 1.82) is 0 Å². The maximum Gasteiger partial charge on any atom is 0.311 e. The number of hydrogen-bond donors (Lipinski definition) is 2. The van der Waals surface area contributed by atoms with E-state index in [-0.39, 0.29) is 25.7 Å². The maximum atomic E-state index is 12.5. The Bertz CT molecular complexity index is 1180. The lowest BCUT2D eigenvalue weighted by Gasteiger charge is -2.20. The van der Waals surface area contributed by atoms with Crippen LogP contribution in [-0.4, -0.2) is 34.1 Å². The van der Waals surface area contributed by atoms with E-state index in [2.05, 4.69) is 0 Å². The van der Waals surface area contributed by atoms with Gasteiger partial charge < -0.3 is 19.7 Å². The molecule has 2 N–H and O–H groups in total. The van der Waals surface area contributed by atoms with Crippen LogP contribution in [0.15, 0.2) is 36.4 Å². The van der Waals surface area contributed by atoms with Crippen LogP contribution in [0.2, 0.25) is 0 Å². The summed E-state index contributed by atoms with van der Waals surface area (Å²) >= 11 is 0.